The number of benzene rings is 1. The topological polar surface area (TPSA) is 45.2 Å². The van der Waals surface area contributed by atoms with Crippen molar-refractivity contribution in [3.8, 4) is 0 Å². The van der Waals surface area contributed by atoms with E-state index in [-0.39, 0.29) is 24.0 Å². The Morgan fingerprint density at radius 3 is 2.69 bits per heavy atom. The molecule has 1 aliphatic rings. The molecule has 0 aliphatic carbocycles. The lowest BCUT2D eigenvalue weighted by Crippen LogP contribution is -2.48. The third-order valence-electron chi connectivity index (χ3n) is 4.09. The van der Waals surface area contributed by atoms with E-state index in [2.05, 4.69) is 10.3 Å². The Balaban J connectivity index is 0.00000243. The molecule has 0 bridgehead atoms. The van der Waals surface area contributed by atoms with Gasteiger partial charge in [0.05, 0.1) is 11.6 Å². The van der Waals surface area contributed by atoms with E-state index in [0.29, 0.717) is 31.8 Å². The summed E-state index contributed by atoms with van der Waals surface area (Å²) in [6.45, 7) is 1.32. The van der Waals surface area contributed by atoms with Crippen LogP contribution in [0.25, 0.3) is 0 Å². The number of nitrogens with zero attached hydrogens (tertiary/aromatic N) is 2. The molecule has 1 aliphatic heterocycles. The quantitative estimate of drug-likeness (QED) is 0.800. The molecule has 1 amide bonds. The average Bonchev–Trinajstić information content (AvgIpc) is 2.61. The molecular weight excluding hydrogens is 374 g/mol. The summed E-state index contributed by atoms with van der Waals surface area (Å²) >= 11 is 0. The van der Waals surface area contributed by atoms with Crippen molar-refractivity contribution in [3.05, 3.63) is 65.2 Å². The van der Waals surface area contributed by atoms with Crippen LogP contribution in [0.15, 0.2) is 42.7 Å². The van der Waals surface area contributed by atoms with Crippen LogP contribution in [0.3, 0.4) is 0 Å². The molecule has 1 atom stereocenters. The van der Waals surface area contributed by atoms with Crippen molar-refractivity contribution >= 4 is 18.3 Å². The number of nitrogens with one attached hydrogen (secondary N) is 1. The van der Waals surface area contributed by atoms with Crippen molar-refractivity contribution < 1.29 is 22.4 Å². The summed E-state index contributed by atoms with van der Waals surface area (Å²) < 4.78 is 52.1. The van der Waals surface area contributed by atoms with Crippen LogP contribution in [0.2, 0.25) is 0 Å². The van der Waals surface area contributed by atoms with Crippen LogP contribution in [-0.4, -0.2) is 35.4 Å². The van der Waals surface area contributed by atoms with E-state index in [1.807, 2.05) is 0 Å². The Labute approximate surface area is 153 Å². The van der Waals surface area contributed by atoms with Gasteiger partial charge in [0.25, 0.3) is 5.91 Å². The number of hydrogen-bond donors (Lipinski definition) is 1. The maximum atomic E-state index is 13.4. The molecule has 4 nitrogen and oxygen atoms in total. The number of pyridine rings is 1. The summed E-state index contributed by atoms with van der Waals surface area (Å²) in [6.07, 6.45) is -1.64. The van der Waals surface area contributed by atoms with Gasteiger partial charge in [-0.05, 0) is 29.8 Å². The van der Waals surface area contributed by atoms with Gasteiger partial charge in [0.15, 0.2) is 0 Å². The average molecular weight is 390 g/mol. The third-order valence-corrected chi connectivity index (χ3v) is 4.09. The molecule has 140 valence electrons. The molecule has 9 heteroatoms. The van der Waals surface area contributed by atoms with Gasteiger partial charge in [-0.2, -0.15) is 13.2 Å². The number of halogens is 5. The lowest BCUT2D eigenvalue weighted by molar-refractivity contribution is -0.140. The van der Waals surface area contributed by atoms with Crippen LogP contribution in [-0.2, 0) is 6.18 Å². The predicted octanol–water partition coefficient (Wildman–Crippen LogP) is 3.45. The molecule has 1 N–H and O–H groups in total. The molecule has 1 saturated heterocycles. The first-order chi connectivity index (χ1) is 11.9. The van der Waals surface area contributed by atoms with Gasteiger partial charge in [0.2, 0.25) is 0 Å². The van der Waals surface area contributed by atoms with Crippen LogP contribution < -0.4 is 5.32 Å². The Hall–Kier alpha value is -2.19. The van der Waals surface area contributed by atoms with Gasteiger partial charge in [-0.1, -0.05) is 6.07 Å². The highest BCUT2D eigenvalue weighted by atomic mass is 35.5. The molecule has 0 spiro atoms. The molecule has 3 rings (SSSR count). The van der Waals surface area contributed by atoms with E-state index in [4.69, 9.17) is 0 Å². The zero-order chi connectivity index (χ0) is 18.0. The minimum absolute atomic E-state index is 0. The molecule has 0 radical (unpaired) electrons. The fraction of sp³-hybridized carbons (Fsp3) is 0.294. The molecule has 0 saturated carbocycles. The number of amides is 1. The second-order valence-electron chi connectivity index (χ2n) is 5.70. The summed E-state index contributed by atoms with van der Waals surface area (Å²) in [5.41, 5.74) is -0.850. The number of alkyl halides is 3. The van der Waals surface area contributed by atoms with Crippen molar-refractivity contribution in [3.63, 3.8) is 0 Å². The molecule has 1 aromatic carbocycles. The Morgan fingerprint density at radius 1 is 1.27 bits per heavy atom. The highest BCUT2D eigenvalue weighted by Crippen LogP contribution is 2.33. The van der Waals surface area contributed by atoms with Gasteiger partial charge in [-0.15, -0.1) is 12.4 Å². The van der Waals surface area contributed by atoms with Crippen LogP contribution in [0.5, 0.6) is 0 Å². The first kappa shape index (κ1) is 20.1. The maximum absolute atomic E-state index is 13.4. The standard InChI is InChI=1S/C17H15F4N3O.ClH/c18-14-4-3-11(8-13(14)17(19,20)21)16(25)24-7-6-23-10-15(24)12-2-1-5-22-9-12;/h1-5,8-9,15,23H,6-7,10H2;1H. The molecular formula is C17H16ClF4N3O. The second-order valence-corrected chi connectivity index (χ2v) is 5.70. The lowest BCUT2D eigenvalue weighted by Gasteiger charge is -2.36. The smallest absolute Gasteiger partial charge is 0.329 e. The van der Waals surface area contributed by atoms with Crippen molar-refractivity contribution in [1.82, 2.24) is 15.2 Å². The van der Waals surface area contributed by atoms with E-state index in [1.165, 1.54) is 4.90 Å². The molecule has 1 fully saturated rings. The van der Waals surface area contributed by atoms with Crippen LogP contribution in [0, 0.1) is 5.82 Å². The maximum Gasteiger partial charge on any atom is 0.419 e. The van der Waals surface area contributed by atoms with E-state index < -0.39 is 23.5 Å². The zero-order valence-corrected chi connectivity index (χ0v) is 14.3. The van der Waals surface area contributed by atoms with Crippen molar-refractivity contribution in [2.75, 3.05) is 19.6 Å². The first-order valence-electron chi connectivity index (χ1n) is 7.66. The van der Waals surface area contributed by atoms with Gasteiger partial charge in [0.1, 0.15) is 5.82 Å². The van der Waals surface area contributed by atoms with Crippen LogP contribution >= 0.6 is 12.4 Å². The molecule has 2 heterocycles. The number of hydrogen-bond acceptors (Lipinski definition) is 3. The minimum atomic E-state index is -4.85. The summed E-state index contributed by atoms with van der Waals surface area (Å²) in [7, 11) is 0. The Morgan fingerprint density at radius 2 is 2.04 bits per heavy atom. The van der Waals surface area contributed by atoms with E-state index in [0.717, 1.165) is 11.6 Å². The Bertz CT molecular complexity index is 770. The molecule has 26 heavy (non-hydrogen) atoms. The molecule has 1 aromatic heterocycles. The predicted molar refractivity (Wildman–Crippen MR) is 89.5 cm³/mol. The van der Waals surface area contributed by atoms with Crippen LogP contribution in [0.4, 0.5) is 17.6 Å². The Kier molecular flexibility index (Phi) is 6.20. The monoisotopic (exact) mass is 389 g/mol. The highest BCUT2D eigenvalue weighted by molar-refractivity contribution is 5.94. The number of piperazine rings is 1. The van der Waals surface area contributed by atoms with Gasteiger partial charge in [0, 0.05) is 37.6 Å². The number of carbonyl (C=O) groups excluding carboxylic acids is 1. The fourth-order valence-corrected chi connectivity index (χ4v) is 2.86. The number of rotatable bonds is 2. The highest BCUT2D eigenvalue weighted by Gasteiger charge is 2.36. The summed E-state index contributed by atoms with van der Waals surface area (Å²) in [5, 5.41) is 3.15. The lowest BCUT2D eigenvalue weighted by atomic mass is 10.0. The first-order valence-corrected chi connectivity index (χ1v) is 7.66. The largest absolute Gasteiger partial charge is 0.419 e. The third kappa shape index (κ3) is 4.13. The number of aromatic nitrogens is 1. The van der Waals surface area contributed by atoms with E-state index in [9.17, 15) is 22.4 Å². The fourth-order valence-electron chi connectivity index (χ4n) is 2.86. The summed E-state index contributed by atoms with van der Waals surface area (Å²) in [5.74, 6) is -1.96. The summed E-state index contributed by atoms with van der Waals surface area (Å²) in [4.78, 5) is 18.3. The van der Waals surface area contributed by atoms with Gasteiger partial charge in [-0.25, -0.2) is 4.39 Å². The van der Waals surface area contributed by atoms with Gasteiger partial charge in [-0.3, -0.25) is 9.78 Å². The van der Waals surface area contributed by atoms with Crippen LogP contribution in [0.1, 0.15) is 27.5 Å². The van der Waals surface area contributed by atoms with Crippen molar-refractivity contribution in [2.24, 2.45) is 0 Å². The van der Waals surface area contributed by atoms with E-state index in [1.54, 1.807) is 24.5 Å². The zero-order valence-electron chi connectivity index (χ0n) is 13.5. The minimum Gasteiger partial charge on any atom is -0.329 e. The van der Waals surface area contributed by atoms with Crippen molar-refractivity contribution in [1.29, 1.82) is 0 Å². The van der Waals surface area contributed by atoms with E-state index >= 15 is 0 Å². The number of carbonyl (C=O) groups is 1. The van der Waals surface area contributed by atoms with Gasteiger partial charge >= 0.3 is 6.18 Å². The van der Waals surface area contributed by atoms with Crippen molar-refractivity contribution in [2.45, 2.75) is 12.2 Å². The molecule has 1 unspecified atom stereocenters. The normalized spacial score (nSPS) is 17.5. The summed E-state index contributed by atoms with van der Waals surface area (Å²) in [6, 6.07) is 5.50. The SMILES string of the molecule is Cl.O=C(c1ccc(F)c(C(F)(F)F)c1)N1CCNCC1c1cccnc1. The molecule has 2 aromatic rings. The van der Waals surface area contributed by atoms with Gasteiger partial charge < -0.3 is 10.2 Å². The second kappa shape index (κ2) is 8.01.